The van der Waals surface area contributed by atoms with Gasteiger partial charge >= 0.3 is 0 Å². The Morgan fingerprint density at radius 3 is 2.45 bits per heavy atom. The van der Waals surface area contributed by atoms with Crippen molar-refractivity contribution in [1.82, 2.24) is 15.3 Å². The molecule has 1 fully saturated rings. The zero-order valence-corrected chi connectivity index (χ0v) is 17.2. The van der Waals surface area contributed by atoms with Crippen LogP contribution < -0.4 is 5.48 Å². The van der Waals surface area contributed by atoms with Crippen molar-refractivity contribution in [3.05, 3.63) is 69.6 Å². The molecule has 0 spiro atoms. The molecule has 0 atom stereocenters. The average Bonchev–Trinajstić information content (AvgIpc) is 3.17. The Hall–Kier alpha value is -2.45. The number of carbonyl (C=O) groups excluding carboxylic acids is 2. The van der Waals surface area contributed by atoms with Crippen LogP contribution in [0.2, 0.25) is 5.02 Å². The van der Waals surface area contributed by atoms with Crippen molar-refractivity contribution < 1.29 is 14.8 Å². The first-order chi connectivity index (χ1) is 14.0. The molecule has 2 aromatic carbocycles. The zero-order chi connectivity index (χ0) is 20.4. The van der Waals surface area contributed by atoms with Gasteiger partial charge in [0.25, 0.3) is 11.8 Å². The third kappa shape index (κ3) is 4.43. The fourth-order valence-corrected chi connectivity index (χ4v) is 4.66. The van der Waals surface area contributed by atoms with Crippen LogP contribution >= 0.6 is 22.9 Å². The van der Waals surface area contributed by atoms with E-state index in [9.17, 15) is 9.59 Å². The molecule has 2 amide bonds. The van der Waals surface area contributed by atoms with Crippen LogP contribution in [-0.4, -0.2) is 53.0 Å². The van der Waals surface area contributed by atoms with Crippen molar-refractivity contribution in [2.45, 2.75) is 6.54 Å². The summed E-state index contributed by atoms with van der Waals surface area (Å²) in [7, 11) is 0. The fraction of sp³-hybridized carbons (Fsp3) is 0.238. The van der Waals surface area contributed by atoms with Crippen LogP contribution in [0.3, 0.4) is 0 Å². The lowest BCUT2D eigenvalue weighted by Gasteiger charge is -2.34. The molecule has 2 heterocycles. The summed E-state index contributed by atoms with van der Waals surface area (Å²) < 4.78 is 1.06. The molecule has 0 saturated carbocycles. The highest BCUT2D eigenvalue weighted by Gasteiger charge is 2.23. The summed E-state index contributed by atoms with van der Waals surface area (Å²) in [5, 5.41) is 10.4. The number of piperazine rings is 1. The summed E-state index contributed by atoms with van der Waals surface area (Å²) in [4.78, 5) is 29.2. The van der Waals surface area contributed by atoms with Gasteiger partial charge in [-0.3, -0.25) is 19.7 Å². The summed E-state index contributed by atoms with van der Waals surface area (Å²) in [6.07, 6.45) is 0. The van der Waals surface area contributed by atoms with Crippen molar-refractivity contribution >= 4 is 44.8 Å². The molecule has 1 saturated heterocycles. The van der Waals surface area contributed by atoms with Gasteiger partial charge in [0.2, 0.25) is 0 Å². The van der Waals surface area contributed by atoms with Crippen molar-refractivity contribution in [2.24, 2.45) is 0 Å². The topological polar surface area (TPSA) is 72.9 Å². The van der Waals surface area contributed by atoms with Crippen LogP contribution in [-0.2, 0) is 6.54 Å². The quantitative estimate of drug-likeness (QED) is 0.490. The number of nitrogens with one attached hydrogen (secondary N) is 1. The van der Waals surface area contributed by atoms with Crippen molar-refractivity contribution in [3.63, 3.8) is 0 Å². The van der Waals surface area contributed by atoms with Crippen LogP contribution in [0.25, 0.3) is 10.1 Å². The molecule has 2 N–H and O–H groups in total. The lowest BCUT2D eigenvalue weighted by molar-refractivity contribution is 0.0633. The standard InChI is InChI=1S/C21H20ClN3O3S/c22-17-5-6-18-16(11-17)12-19(29-18)21(27)25-9-7-24(8-10-25)13-14-1-3-15(4-2-14)20(26)23-28/h1-6,11-12,28H,7-10,13H2,(H,23,26). The molecule has 1 aliphatic rings. The van der Waals surface area contributed by atoms with Crippen LogP contribution in [0, 0.1) is 0 Å². The second-order valence-electron chi connectivity index (χ2n) is 7.00. The van der Waals surface area contributed by atoms with Gasteiger partial charge in [-0.15, -0.1) is 11.3 Å². The molecule has 3 aromatic rings. The smallest absolute Gasteiger partial charge is 0.274 e. The average molecular weight is 430 g/mol. The summed E-state index contributed by atoms with van der Waals surface area (Å²) in [6.45, 7) is 3.70. The van der Waals surface area contributed by atoms with Gasteiger partial charge in [0.05, 0.1) is 4.88 Å². The van der Waals surface area contributed by atoms with E-state index in [2.05, 4.69) is 4.90 Å². The fourth-order valence-electron chi connectivity index (χ4n) is 3.47. The lowest BCUT2D eigenvalue weighted by Crippen LogP contribution is -2.48. The first-order valence-electron chi connectivity index (χ1n) is 9.27. The Morgan fingerprint density at radius 1 is 1.03 bits per heavy atom. The SMILES string of the molecule is O=C(NO)c1ccc(CN2CCN(C(=O)c3cc4cc(Cl)ccc4s3)CC2)cc1. The number of halogens is 1. The van der Waals surface area contributed by atoms with Crippen LogP contribution in [0.15, 0.2) is 48.5 Å². The number of amides is 2. The zero-order valence-electron chi connectivity index (χ0n) is 15.6. The van der Waals surface area contributed by atoms with Gasteiger partial charge in [0, 0.05) is 48.0 Å². The minimum atomic E-state index is -0.521. The van der Waals surface area contributed by atoms with Gasteiger partial charge in [-0.2, -0.15) is 0 Å². The van der Waals surface area contributed by atoms with Crippen molar-refractivity contribution in [3.8, 4) is 0 Å². The maximum absolute atomic E-state index is 12.9. The van der Waals surface area contributed by atoms with E-state index in [1.807, 2.05) is 41.3 Å². The Bertz CT molecular complexity index is 1040. The number of benzene rings is 2. The molecule has 0 bridgehead atoms. The molecule has 0 radical (unpaired) electrons. The van der Waals surface area contributed by atoms with Crippen molar-refractivity contribution in [1.29, 1.82) is 0 Å². The number of fused-ring (bicyclic) bond motifs is 1. The van der Waals surface area contributed by atoms with E-state index in [0.29, 0.717) is 23.7 Å². The Labute approximate surface area is 177 Å². The number of rotatable bonds is 4. The maximum Gasteiger partial charge on any atom is 0.274 e. The third-order valence-electron chi connectivity index (χ3n) is 5.07. The molecular formula is C21H20ClN3O3S. The van der Waals surface area contributed by atoms with Crippen LogP contribution in [0.1, 0.15) is 25.6 Å². The molecule has 4 rings (SSSR count). The number of hydrogen-bond acceptors (Lipinski definition) is 5. The van der Waals surface area contributed by atoms with Gasteiger partial charge in [-0.05, 0) is 47.3 Å². The molecule has 0 aliphatic carbocycles. The molecule has 0 unspecified atom stereocenters. The third-order valence-corrected chi connectivity index (χ3v) is 6.41. The minimum absolute atomic E-state index is 0.0707. The van der Waals surface area contributed by atoms with Crippen molar-refractivity contribution in [2.75, 3.05) is 26.2 Å². The minimum Gasteiger partial charge on any atom is -0.335 e. The van der Waals surface area contributed by atoms with E-state index >= 15 is 0 Å². The first-order valence-corrected chi connectivity index (χ1v) is 10.5. The largest absolute Gasteiger partial charge is 0.335 e. The van der Waals surface area contributed by atoms with E-state index in [1.54, 1.807) is 17.6 Å². The van der Waals surface area contributed by atoms with E-state index in [4.69, 9.17) is 16.8 Å². The van der Waals surface area contributed by atoms with Gasteiger partial charge in [-0.1, -0.05) is 23.7 Å². The number of hydroxylamine groups is 1. The highest BCUT2D eigenvalue weighted by molar-refractivity contribution is 7.20. The molecule has 29 heavy (non-hydrogen) atoms. The lowest BCUT2D eigenvalue weighted by atomic mass is 10.1. The predicted molar refractivity (Wildman–Crippen MR) is 114 cm³/mol. The van der Waals surface area contributed by atoms with Gasteiger partial charge in [-0.25, -0.2) is 5.48 Å². The highest BCUT2D eigenvalue weighted by atomic mass is 35.5. The van der Waals surface area contributed by atoms with E-state index < -0.39 is 5.91 Å². The Morgan fingerprint density at radius 2 is 1.76 bits per heavy atom. The summed E-state index contributed by atoms with van der Waals surface area (Å²) >= 11 is 7.55. The summed E-state index contributed by atoms with van der Waals surface area (Å²) in [6, 6.07) is 14.7. The number of nitrogens with zero attached hydrogens (tertiary/aromatic N) is 2. The molecule has 150 valence electrons. The molecule has 1 aliphatic heterocycles. The predicted octanol–water partition coefficient (Wildman–Crippen LogP) is 3.63. The maximum atomic E-state index is 12.9. The molecule has 1 aromatic heterocycles. The number of carbonyl (C=O) groups is 2. The van der Waals surface area contributed by atoms with E-state index in [-0.39, 0.29) is 5.91 Å². The van der Waals surface area contributed by atoms with Gasteiger partial charge in [0.15, 0.2) is 0 Å². The summed E-state index contributed by atoms with van der Waals surface area (Å²) in [5.41, 5.74) is 3.13. The normalized spacial score (nSPS) is 14.9. The highest BCUT2D eigenvalue weighted by Crippen LogP contribution is 2.29. The molecular weight excluding hydrogens is 410 g/mol. The van der Waals surface area contributed by atoms with Gasteiger partial charge < -0.3 is 4.90 Å². The summed E-state index contributed by atoms with van der Waals surface area (Å²) in [5.74, 6) is -0.450. The Balaban J connectivity index is 1.34. The Kier molecular flexibility index (Phi) is 5.82. The van der Waals surface area contributed by atoms with E-state index in [1.165, 1.54) is 11.3 Å². The monoisotopic (exact) mass is 429 g/mol. The number of hydrogen-bond donors (Lipinski definition) is 2. The van der Waals surface area contributed by atoms with E-state index in [0.717, 1.165) is 40.2 Å². The van der Waals surface area contributed by atoms with Crippen LogP contribution in [0.5, 0.6) is 0 Å². The van der Waals surface area contributed by atoms with Gasteiger partial charge in [0.1, 0.15) is 0 Å². The molecule has 6 nitrogen and oxygen atoms in total. The first kappa shape index (κ1) is 19.8. The second kappa shape index (κ2) is 8.51. The second-order valence-corrected chi connectivity index (χ2v) is 8.52. The van der Waals surface area contributed by atoms with Crippen LogP contribution in [0.4, 0.5) is 0 Å². The number of thiophene rings is 1. The molecule has 8 heteroatoms.